The van der Waals surface area contributed by atoms with E-state index in [2.05, 4.69) is 0 Å². The van der Waals surface area contributed by atoms with Crippen molar-refractivity contribution >= 4 is 41.5 Å². The Balaban J connectivity index is 0.00000220. The first-order chi connectivity index (χ1) is 9.22. The summed E-state index contributed by atoms with van der Waals surface area (Å²) in [5, 5.41) is 0.0709. The fourth-order valence-corrected chi connectivity index (χ4v) is 2.87. The average Bonchev–Trinajstić information content (AvgIpc) is 2.36. The van der Waals surface area contributed by atoms with E-state index >= 15 is 0 Å². The van der Waals surface area contributed by atoms with Crippen LogP contribution in [0, 0.1) is 11.2 Å². The molecule has 0 aromatic heterocycles. The zero-order valence-corrected chi connectivity index (χ0v) is 14.2. The van der Waals surface area contributed by atoms with Crippen molar-refractivity contribution in [3.63, 3.8) is 0 Å². The molecule has 1 aromatic rings. The molecule has 118 valence electrons. The standard InChI is InChI=1S/C14H17Cl2FN2O.ClH/c1-14(2)7-19(4-3-12(14)18)13(20)8-5-11(17)10(16)6-9(8)15;/h5-6,12H,3-4,7,18H2,1-2H3;1H. The van der Waals surface area contributed by atoms with Crippen molar-refractivity contribution in [3.8, 4) is 0 Å². The molecule has 0 spiro atoms. The minimum atomic E-state index is -0.646. The van der Waals surface area contributed by atoms with Gasteiger partial charge in [0.2, 0.25) is 0 Å². The van der Waals surface area contributed by atoms with Gasteiger partial charge in [-0.3, -0.25) is 4.79 Å². The number of carbonyl (C=O) groups excluding carboxylic acids is 1. The summed E-state index contributed by atoms with van der Waals surface area (Å²) < 4.78 is 13.5. The third kappa shape index (κ3) is 3.81. The molecule has 0 aliphatic carbocycles. The van der Waals surface area contributed by atoms with E-state index in [9.17, 15) is 9.18 Å². The van der Waals surface area contributed by atoms with E-state index in [1.807, 2.05) is 13.8 Å². The summed E-state index contributed by atoms with van der Waals surface area (Å²) in [4.78, 5) is 14.1. The van der Waals surface area contributed by atoms with Crippen molar-refractivity contribution in [3.05, 3.63) is 33.6 Å². The number of carbonyl (C=O) groups is 1. The van der Waals surface area contributed by atoms with Crippen LogP contribution in [0.5, 0.6) is 0 Å². The first-order valence-electron chi connectivity index (χ1n) is 6.42. The van der Waals surface area contributed by atoms with Crippen LogP contribution in [0.4, 0.5) is 4.39 Å². The summed E-state index contributed by atoms with van der Waals surface area (Å²) in [6.07, 6.45) is 0.715. The predicted molar refractivity (Wildman–Crippen MR) is 85.9 cm³/mol. The number of halogens is 4. The molecule has 3 nitrogen and oxygen atoms in total. The zero-order valence-electron chi connectivity index (χ0n) is 11.8. The van der Waals surface area contributed by atoms with E-state index in [4.69, 9.17) is 28.9 Å². The molecule has 0 radical (unpaired) electrons. The number of nitrogens with zero attached hydrogens (tertiary/aromatic N) is 1. The van der Waals surface area contributed by atoms with Crippen LogP contribution in [0.25, 0.3) is 0 Å². The molecule has 1 fully saturated rings. The summed E-state index contributed by atoms with van der Waals surface area (Å²) in [5.74, 6) is -0.932. The van der Waals surface area contributed by atoms with Crippen molar-refractivity contribution in [1.29, 1.82) is 0 Å². The van der Waals surface area contributed by atoms with E-state index < -0.39 is 5.82 Å². The van der Waals surface area contributed by atoms with Crippen molar-refractivity contribution in [2.75, 3.05) is 13.1 Å². The van der Waals surface area contributed by atoms with Gasteiger partial charge in [0.05, 0.1) is 15.6 Å². The third-order valence-corrected chi connectivity index (χ3v) is 4.44. The van der Waals surface area contributed by atoms with Gasteiger partial charge in [0.1, 0.15) is 5.82 Å². The molecule has 1 heterocycles. The molecule has 0 saturated carbocycles. The second kappa shape index (κ2) is 6.69. The maximum Gasteiger partial charge on any atom is 0.255 e. The fourth-order valence-electron chi connectivity index (χ4n) is 2.40. The molecule has 1 unspecified atom stereocenters. The summed E-state index contributed by atoms with van der Waals surface area (Å²) in [7, 11) is 0. The first kappa shape index (κ1) is 18.5. The van der Waals surface area contributed by atoms with E-state index in [0.717, 1.165) is 6.07 Å². The molecule has 7 heteroatoms. The van der Waals surface area contributed by atoms with Gasteiger partial charge in [-0.2, -0.15) is 0 Å². The number of nitrogens with two attached hydrogens (primary N) is 1. The molecule has 1 amide bonds. The van der Waals surface area contributed by atoms with Gasteiger partial charge in [-0.15, -0.1) is 12.4 Å². The van der Waals surface area contributed by atoms with Crippen LogP contribution in [-0.4, -0.2) is 29.9 Å². The van der Waals surface area contributed by atoms with Gasteiger partial charge < -0.3 is 10.6 Å². The van der Waals surface area contributed by atoms with Crippen LogP contribution < -0.4 is 5.73 Å². The van der Waals surface area contributed by atoms with Crippen molar-refractivity contribution in [1.82, 2.24) is 4.90 Å². The minimum Gasteiger partial charge on any atom is -0.338 e. The molecular formula is C14H18Cl3FN2O. The molecule has 1 aromatic carbocycles. The molecule has 1 aliphatic heterocycles. The molecule has 1 saturated heterocycles. The Morgan fingerprint density at radius 1 is 1.38 bits per heavy atom. The number of hydrogen-bond acceptors (Lipinski definition) is 2. The smallest absolute Gasteiger partial charge is 0.255 e. The fraction of sp³-hybridized carbons (Fsp3) is 0.500. The topological polar surface area (TPSA) is 46.3 Å². The third-order valence-electron chi connectivity index (χ3n) is 3.84. The number of amides is 1. The van der Waals surface area contributed by atoms with Crippen LogP contribution in [0.3, 0.4) is 0 Å². The van der Waals surface area contributed by atoms with Gasteiger partial charge >= 0.3 is 0 Å². The van der Waals surface area contributed by atoms with Crippen LogP contribution >= 0.6 is 35.6 Å². The lowest BCUT2D eigenvalue weighted by molar-refractivity contribution is 0.0532. The number of hydrogen-bond donors (Lipinski definition) is 1. The lowest BCUT2D eigenvalue weighted by Crippen LogP contribution is -2.54. The Bertz CT molecular complexity index is 551. The quantitative estimate of drug-likeness (QED) is 0.780. The maximum absolute atomic E-state index is 13.5. The number of rotatable bonds is 1. The van der Waals surface area contributed by atoms with Crippen LogP contribution in [-0.2, 0) is 0 Å². The highest BCUT2D eigenvalue weighted by Gasteiger charge is 2.36. The van der Waals surface area contributed by atoms with E-state index in [1.54, 1.807) is 4.90 Å². The lowest BCUT2D eigenvalue weighted by atomic mass is 9.79. The maximum atomic E-state index is 13.5. The zero-order chi connectivity index (χ0) is 15.1. The molecule has 0 bridgehead atoms. The molecular weight excluding hydrogens is 338 g/mol. The Morgan fingerprint density at radius 2 is 2.00 bits per heavy atom. The van der Waals surface area contributed by atoms with Gasteiger partial charge in [0, 0.05) is 19.1 Å². The lowest BCUT2D eigenvalue weighted by Gasteiger charge is -2.42. The Kier molecular flexibility index (Phi) is 5.90. The summed E-state index contributed by atoms with van der Waals surface area (Å²) in [6.45, 7) is 5.10. The number of likely N-dealkylation sites (tertiary alicyclic amines) is 1. The van der Waals surface area contributed by atoms with Gasteiger partial charge in [0.25, 0.3) is 5.91 Å². The number of benzene rings is 1. The monoisotopic (exact) mass is 354 g/mol. The van der Waals surface area contributed by atoms with Gasteiger partial charge in [0.15, 0.2) is 0 Å². The highest BCUT2D eigenvalue weighted by atomic mass is 35.5. The summed E-state index contributed by atoms with van der Waals surface area (Å²) >= 11 is 11.6. The van der Waals surface area contributed by atoms with E-state index in [0.29, 0.717) is 19.5 Å². The average molecular weight is 356 g/mol. The van der Waals surface area contributed by atoms with Crippen molar-refractivity contribution in [2.45, 2.75) is 26.3 Å². The molecule has 21 heavy (non-hydrogen) atoms. The second-order valence-corrected chi connectivity index (χ2v) is 6.67. The van der Waals surface area contributed by atoms with Crippen LogP contribution in [0.15, 0.2) is 12.1 Å². The van der Waals surface area contributed by atoms with E-state index in [-0.39, 0.29) is 45.4 Å². The van der Waals surface area contributed by atoms with Gasteiger partial charge in [-0.1, -0.05) is 37.0 Å². The minimum absolute atomic E-state index is 0. The Labute approximate surface area is 140 Å². The highest BCUT2D eigenvalue weighted by molar-refractivity contribution is 6.36. The molecule has 1 atom stereocenters. The Morgan fingerprint density at radius 3 is 2.57 bits per heavy atom. The van der Waals surface area contributed by atoms with Crippen LogP contribution in [0.2, 0.25) is 10.0 Å². The van der Waals surface area contributed by atoms with E-state index in [1.165, 1.54) is 6.07 Å². The molecule has 2 N–H and O–H groups in total. The van der Waals surface area contributed by atoms with Gasteiger partial charge in [-0.05, 0) is 24.0 Å². The molecule has 1 aliphatic rings. The van der Waals surface area contributed by atoms with Gasteiger partial charge in [-0.25, -0.2) is 4.39 Å². The van der Waals surface area contributed by atoms with Crippen molar-refractivity contribution < 1.29 is 9.18 Å². The first-order valence-corrected chi connectivity index (χ1v) is 7.17. The SMILES string of the molecule is CC1(C)CN(C(=O)c2cc(F)c(Cl)cc2Cl)CCC1N.Cl. The molecule has 2 rings (SSSR count). The second-order valence-electron chi connectivity index (χ2n) is 5.86. The Hall–Kier alpha value is -0.550. The predicted octanol–water partition coefficient (Wildman–Crippen LogP) is 3.75. The number of piperidine rings is 1. The van der Waals surface area contributed by atoms with Crippen LogP contribution in [0.1, 0.15) is 30.6 Å². The largest absolute Gasteiger partial charge is 0.338 e. The van der Waals surface area contributed by atoms with Crippen molar-refractivity contribution in [2.24, 2.45) is 11.1 Å². The summed E-state index contributed by atoms with van der Waals surface area (Å²) in [6, 6.07) is 2.39. The summed E-state index contributed by atoms with van der Waals surface area (Å²) in [5.41, 5.74) is 6.01. The normalized spacial score (nSPS) is 20.9. The highest BCUT2D eigenvalue weighted by Crippen LogP contribution is 2.31.